The summed E-state index contributed by atoms with van der Waals surface area (Å²) in [5.74, 6) is 0. The first-order valence-corrected chi connectivity index (χ1v) is 21.8. The summed E-state index contributed by atoms with van der Waals surface area (Å²) in [6.45, 7) is 0. The minimum absolute atomic E-state index is 0.481. The first-order valence-electron chi connectivity index (χ1n) is 21.8. The Morgan fingerprint density at radius 3 is 1.27 bits per heavy atom. The molecule has 294 valence electrons. The molecule has 0 bridgehead atoms. The first kappa shape index (κ1) is 35.5. The normalized spacial score (nSPS) is 12.9. The van der Waals surface area contributed by atoms with E-state index in [1.807, 2.05) is 0 Å². The van der Waals surface area contributed by atoms with Crippen molar-refractivity contribution in [2.24, 2.45) is 0 Å². The maximum absolute atomic E-state index is 2.50. The summed E-state index contributed by atoms with van der Waals surface area (Å²) >= 11 is 0. The van der Waals surface area contributed by atoms with Crippen LogP contribution >= 0.6 is 0 Å². The van der Waals surface area contributed by atoms with Crippen LogP contribution in [0.3, 0.4) is 0 Å². The number of hydrogen-bond acceptors (Lipinski definition) is 0. The molecule has 0 spiro atoms. The predicted octanol–water partition coefficient (Wildman–Crippen LogP) is 15.6. The zero-order valence-corrected chi connectivity index (χ0v) is 34.5. The lowest BCUT2D eigenvalue weighted by atomic mass is 9.67. The molecule has 0 atom stereocenters. The van der Waals surface area contributed by atoms with Gasteiger partial charge in [-0.15, -0.1) is 0 Å². The Kier molecular flexibility index (Phi) is 7.85. The van der Waals surface area contributed by atoms with Gasteiger partial charge in [0.15, 0.2) is 0 Å². The fourth-order valence-corrected chi connectivity index (χ4v) is 10.9. The van der Waals surface area contributed by atoms with Crippen LogP contribution in [0.5, 0.6) is 0 Å². The number of aromatic nitrogens is 2. The van der Waals surface area contributed by atoms with Gasteiger partial charge in [-0.1, -0.05) is 176 Å². The van der Waals surface area contributed by atoms with Crippen molar-refractivity contribution in [2.45, 2.75) is 5.41 Å². The highest BCUT2D eigenvalue weighted by Crippen LogP contribution is 2.57. The topological polar surface area (TPSA) is 9.86 Å². The van der Waals surface area contributed by atoms with E-state index in [4.69, 9.17) is 0 Å². The SMILES string of the molecule is c1ccc(-c2ccc3c(c2)c2cc(-c4ccccc4)ccc2n3-c2ccc(-n3c4ccccc4c4cc5c(cc43)C(c3ccccc3)(c3ccccc3)c3ccccc3-5)cc2)cc1. The lowest BCUT2D eigenvalue weighted by Gasteiger charge is -2.34. The highest BCUT2D eigenvalue weighted by atomic mass is 15.0. The summed E-state index contributed by atoms with van der Waals surface area (Å²) in [6.07, 6.45) is 0. The largest absolute Gasteiger partial charge is 0.309 e. The number of benzene rings is 10. The Morgan fingerprint density at radius 2 is 0.698 bits per heavy atom. The minimum Gasteiger partial charge on any atom is -0.309 e. The van der Waals surface area contributed by atoms with E-state index in [-0.39, 0.29) is 0 Å². The van der Waals surface area contributed by atoms with Crippen molar-refractivity contribution in [3.8, 4) is 44.8 Å². The second-order valence-electron chi connectivity index (χ2n) is 16.8. The zero-order chi connectivity index (χ0) is 41.5. The van der Waals surface area contributed by atoms with Gasteiger partial charge in [0, 0.05) is 32.9 Å². The molecule has 0 N–H and O–H groups in total. The standard InChI is InChI=1S/C61H40N2/c1-5-17-41(18-6-1)43-29-35-58-52(37-43)53-38-44(42-19-7-2-8-20-42)30-36-59(53)62(58)47-31-33-48(34-32-47)63-57-28-16-14-26-50(57)54-39-51-49-25-13-15-27-55(49)61(56(51)40-60(54)63,45-21-9-3-10-22-45)46-23-11-4-12-24-46/h1-40H. The zero-order valence-electron chi connectivity index (χ0n) is 34.5. The predicted molar refractivity (Wildman–Crippen MR) is 263 cm³/mol. The van der Waals surface area contributed by atoms with E-state index in [0.29, 0.717) is 0 Å². The molecule has 0 saturated heterocycles. The van der Waals surface area contributed by atoms with Gasteiger partial charge in [0.05, 0.1) is 27.5 Å². The van der Waals surface area contributed by atoms with Crippen LogP contribution in [0.25, 0.3) is 88.4 Å². The van der Waals surface area contributed by atoms with Gasteiger partial charge >= 0.3 is 0 Å². The van der Waals surface area contributed by atoms with Crippen LogP contribution in [-0.4, -0.2) is 9.13 Å². The number of rotatable bonds is 6. The molecule has 0 saturated carbocycles. The molecule has 13 rings (SSSR count). The lowest BCUT2D eigenvalue weighted by Crippen LogP contribution is -2.28. The molecule has 1 aliphatic carbocycles. The van der Waals surface area contributed by atoms with Gasteiger partial charge < -0.3 is 9.13 Å². The molecular formula is C61H40N2. The monoisotopic (exact) mass is 800 g/mol. The summed E-state index contributed by atoms with van der Waals surface area (Å²) < 4.78 is 4.91. The minimum atomic E-state index is -0.481. The highest BCUT2D eigenvalue weighted by molar-refractivity contribution is 6.13. The van der Waals surface area contributed by atoms with E-state index in [1.54, 1.807) is 0 Å². The molecule has 2 aromatic heterocycles. The molecular weight excluding hydrogens is 761 g/mol. The van der Waals surface area contributed by atoms with Gasteiger partial charge in [0.1, 0.15) is 0 Å². The third-order valence-corrected chi connectivity index (χ3v) is 13.6. The van der Waals surface area contributed by atoms with E-state index >= 15 is 0 Å². The van der Waals surface area contributed by atoms with E-state index in [0.717, 1.165) is 11.4 Å². The van der Waals surface area contributed by atoms with E-state index < -0.39 is 5.41 Å². The van der Waals surface area contributed by atoms with Crippen molar-refractivity contribution < 1.29 is 0 Å². The molecule has 0 aliphatic heterocycles. The van der Waals surface area contributed by atoms with Crippen LogP contribution in [-0.2, 0) is 5.41 Å². The second kappa shape index (κ2) is 13.9. The molecule has 10 aromatic carbocycles. The smallest absolute Gasteiger partial charge is 0.0714 e. The van der Waals surface area contributed by atoms with E-state index in [1.165, 1.54) is 99.2 Å². The van der Waals surface area contributed by atoms with Crippen molar-refractivity contribution in [1.29, 1.82) is 0 Å². The molecule has 63 heavy (non-hydrogen) atoms. The average molecular weight is 801 g/mol. The van der Waals surface area contributed by atoms with Crippen molar-refractivity contribution >= 4 is 43.6 Å². The van der Waals surface area contributed by atoms with Gasteiger partial charge in [-0.2, -0.15) is 0 Å². The summed E-state index contributed by atoms with van der Waals surface area (Å²) in [6, 6.07) is 89.5. The molecule has 0 unspecified atom stereocenters. The van der Waals surface area contributed by atoms with Crippen LogP contribution in [0.1, 0.15) is 22.3 Å². The van der Waals surface area contributed by atoms with Gasteiger partial charge in [-0.25, -0.2) is 0 Å². The lowest BCUT2D eigenvalue weighted by molar-refractivity contribution is 0.769. The van der Waals surface area contributed by atoms with E-state index in [2.05, 4.69) is 252 Å². The summed E-state index contributed by atoms with van der Waals surface area (Å²) in [5, 5.41) is 4.99. The van der Waals surface area contributed by atoms with E-state index in [9.17, 15) is 0 Å². The third kappa shape index (κ3) is 5.25. The fraction of sp³-hybridized carbons (Fsp3) is 0.0164. The average Bonchev–Trinajstić information content (AvgIpc) is 3.97. The van der Waals surface area contributed by atoms with Crippen LogP contribution in [0.2, 0.25) is 0 Å². The van der Waals surface area contributed by atoms with Crippen molar-refractivity contribution in [3.05, 3.63) is 265 Å². The maximum Gasteiger partial charge on any atom is 0.0714 e. The Bertz CT molecular complexity index is 3560. The van der Waals surface area contributed by atoms with Crippen molar-refractivity contribution in [3.63, 3.8) is 0 Å². The van der Waals surface area contributed by atoms with Crippen molar-refractivity contribution in [1.82, 2.24) is 9.13 Å². The molecule has 12 aromatic rings. The molecule has 0 radical (unpaired) electrons. The van der Waals surface area contributed by atoms with Crippen LogP contribution in [0, 0.1) is 0 Å². The maximum atomic E-state index is 2.50. The Balaban J connectivity index is 1.02. The van der Waals surface area contributed by atoms with Gasteiger partial charge in [-0.05, 0) is 122 Å². The third-order valence-electron chi connectivity index (χ3n) is 13.6. The Morgan fingerprint density at radius 1 is 0.254 bits per heavy atom. The molecule has 2 heteroatoms. The Hall–Kier alpha value is -8.20. The highest BCUT2D eigenvalue weighted by Gasteiger charge is 2.46. The summed E-state index contributed by atoms with van der Waals surface area (Å²) in [7, 11) is 0. The first-order chi connectivity index (χ1) is 31.3. The second-order valence-corrected chi connectivity index (χ2v) is 16.8. The quantitative estimate of drug-likeness (QED) is 0.159. The fourth-order valence-electron chi connectivity index (χ4n) is 10.9. The molecule has 1 aliphatic rings. The molecule has 0 fully saturated rings. The number of para-hydroxylation sites is 1. The summed E-state index contributed by atoms with van der Waals surface area (Å²) in [4.78, 5) is 0. The molecule has 0 amide bonds. The van der Waals surface area contributed by atoms with Crippen LogP contribution in [0.4, 0.5) is 0 Å². The van der Waals surface area contributed by atoms with Crippen LogP contribution in [0.15, 0.2) is 243 Å². The van der Waals surface area contributed by atoms with Crippen LogP contribution < -0.4 is 0 Å². The molecule has 2 heterocycles. The van der Waals surface area contributed by atoms with Gasteiger partial charge in [-0.3, -0.25) is 0 Å². The number of hydrogen-bond donors (Lipinski definition) is 0. The summed E-state index contributed by atoms with van der Waals surface area (Å²) in [5.41, 5.74) is 19.2. The van der Waals surface area contributed by atoms with Crippen molar-refractivity contribution in [2.75, 3.05) is 0 Å². The number of nitrogens with zero attached hydrogens (tertiary/aromatic N) is 2. The molecule has 2 nitrogen and oxygen atoms in total. The van der Waals surface area contributed by atoms with Gasteiger partial charge in [0.25, 0.3) is 0 Å². The van der Waals surface area contributed by atoms with Gasteiger partial charge in [0.2, 0.25) is 0 Å². The number of fused-ring (bicyclic) bond motifs is 9. The Labute approximate surface area is 366 Å².